The van der Waals surface area contributed by atoms with E-state index in [2.05, 4.69) is 22.6 Å². The van der Waals surface area contributed by atoms with Gasteiger partial charge in [-0.05, 0) is 6.42 Å². The van der Waals surface area contributed by atoms with Crippen LogP contribution in [-0.2, 0) is 4.43 Å². The van der Waals surface area contributed by atoms with Gasteiger partial charge in [-0.15, -0.1) is 0 Å². The summed E-state index contributed by atoms with van der Waals surface area (Å²) in [7, 11) is 0.900. The molecule has 0 aromatic carbocycles. The Bertz CT molecular complexity index is 22.8. The van der Waals surface area contributed by atoms with Crippen LogP contribution < -0.4 is 0 Å². The molecule has 0 atom stereocenters. The number of hydrogen-bond donors (Lipinski definition) is 0. The van der Waals surface area contributed by atoms with Gasteiger partial charge in [-0.1, -0.05) is 22.6 Å². The van der Waals surface area contributed by atoms with Gasteiger partial charge in [-0.3, -0.25) is 0 Å². The molecule has 0 heterocycles. The fourth-order valence-corrected chi connectivity index (χ4v) is 0.799. The third-order valence-corrected chi connectivity index (χ3v) is 1.65. The molecule has 0 unspecified atom stereocenters. The van der Waals surface area contributed by atoms with Gasteiger partial charge in [-0.25, -0.2) is 0 Å². The van der Waals surface area contributed by atoms with Crippen LogP contribution in [0.4, 0.5) is 0 Å². The molecule has 0 aliphatic rings. The summed E-state index contributed by atoms with van der Waals surface area (Å²) in [6.45, 7) is 0.967. The first-order valence-corrected chi connectivity index (χ1v) is 4.31. The van der Waals surface area contributed by atoms with Crippen molar-refractivity contribution in [2.24, 2.45) is 0 Å². The summed E-state index contributed by atoms with van der Waals surface area (Å²) in [6.07, 6.45) is 1.21. The lowest BCUT2D eigenvalue weighted by Gasteiger charge is -1.89. The molecule has 0 aliphatic carbocycles. The summed E-state index contributed by atoms with van der Waals surface area (Å²) in [5.41, 5.74) is 0. The zero-order chi connectivity index (χ0) is 4.83. The highest BCUT2D eigenvalue weighted by molar-refractivity contribution is 14.1. The minimum absolute atomic E-state index is 0.900. The molecule has 0 rings (SSSR count). The number of rotatable bonds is 3. The van der Waals surface area contributed by atoms with Crippen molar-refractivity contribution < 1.29 is 4.43 Å². The van der Waals surface area contributed by atoms with E-state index in [0.29, 0.717) is 0 Å². The molecule has 0 aromatic heterocycles. The molecule has 38 valence electrons. The number of halogens is 1. The summed E-state index contributed by atoms with van der Waals surface area (Å²) >= 11 is 2.35. The van der Waals surface area contributed by atoms with E-state index in [1.807, 2.05) is 0 Å². The van der Waals surface area contributed by atoms with E-state index in [1.165, 1.54) is 10.8 Å². The molecule has 0 spiro atoms. The minimum Gasteiger partial charge on any atom is -0.428 e. The zero-order valence-corrected chi connectivity index (χ0v) is 8.07. The topological polar surface area (TPSA) is 9.23 Å². The van der Waals surface area contributed by atoms with E-state index in [0.717, 1.165) is 17.1 Å². The van der Waals surface area contributed by atoms with Crippen molar-refractivity contribution in [1.29, 1.82) is 0 Å². The van der Waals surface area contributed by atoms with Crippen LogP contribution in [0.25, 0.3) is 0 Å². The summed E-state index contributed by atoms with van der Waals surface area (Å²) in [6, 6.07) is 0. The minimum atomic E-state index is 0.900. The van der Waals surface area contributed by atoms with Crippen LogP contribution in [0.3, 0.4) is 0 Å². The normalized spacial score (nSPS) is 9.50. The quantitative estimate of drug-likeness (QED) is 0.281. The van der Waals surface area contributed by atoms with Crippen LogP contribution in [0.2, 0.25) is 0 Å². The molecule has 6 heavy (non-hydrogen) atoms. The summed E-state index contributed by atoms with van der Waals surface area (Å²) in [4.78, 5) is 0. The maximum atomic E-state index is 4.92. The number of alkyl halides is 1. The first kappa shape index (κ1) is 6.91. The van der Waals surface area contributed by atoms with Crippen molar-refractivity contribution in [3.05, 3.63) is 0 Å². The van der Waals surface area contributed by atoms with Gasteiger partial charge in [-0.2, -0.15) is 0 Å². The Morgan fingerprint density at radius 2 is 2.33 bits per heavy atom. The maximum Gasteiger partial charge on any atom is 0.145 e. The lowest BCUT2D eigenvalue weighted by atomic mass is 10.5. The molecule has 0 amide bonds. The molecule has 0 bridgehead atoms. The van der Waals surface area contributed by atoms with Crippen molar-refractivity contribution in [3.8, 4) is 0 Å². The first-order valence-electron chi connectivity index (χ1n) is 1.96. The summed E-state index contributed by atoms with van der Waals surface area (Å²) in [5, 5.41) is 0. The van der Waals surface area contributed by atoms with Crippen molar-refractivity contribution in [1.82, 2.24) is 0 Å². The van der Waals surface area contributed by atoms with Gasteiger partial charge in [0.1, 0.15) is 10.5 Å². The second kappa shape index (κ2) is 5.91. The van der Waals surface area contributed by atoms with Crippen molar-refractivity contribution in [2.45, 2.75) is 6.42 Å². The Morgan fingerprint density at radius 3 is 2.50 bits per heavy atom. The molecule has 1 nitrogen and oxygen atoms in total. The highest BCUT2D eigenvalue weighted by Crippen LogP contribution is 1.85. The van der Waals surface area contributed by atoms with Crippen molar-refractivity contribution >= 4 is 33.1 Å². The SMILES string of the molecule is [SiH3]OCCCI. The van der Waals surface area contributed by atoms with Crippen LogP contribution in [0.15, 0.2) is 0 Å². The predicted octanol–water partition coefficient (Wildman–Crippen LogP) is 0.109. The molecule has 0 aromatic rings. The van der Waals surface area contributed by atoms with Crippen LogP contribution in [0.1, 0.15) is 6.42 Å². The fraction of sp³-hybridized carbons (Fsp3) is 1.00. The predicted molar refractivity (Wildman–Crippen MR) is 39.4 cm³/mol. The highest BCUT2D eigenvalue weighted by Gasteiger charge is 1.75. The number of hydrogen-bond acceptors (Lipinski definition) is 1. The van der Waals surface area contributed by atoms with Gasteiger partial charge in [0, 0.05) is 11.0 Å². The molecule has 0 radical (unpaired) electrons. The van der Waals surface area contributed by atoms with E-state index >= 15 is 0 Å². The molecule has 0 fully saturated rings. The van der Waals surface area contributed by atoms with Crippen molar-refractivity contribution in [2.75, 3.05) is 11.0 Å². The monoisotopic (exact) mass is 216 g/mol. The van der Waals surface area contributed by atoms with E-state index in [1.54, 1.807) is 0 Å². The zero-order valence-electron chi connectivity index (χ0n) is 3.91. The van der Waals surface area contributed by atoms with E-state index < -0.39 is 0 Å². The Morgan fingerprint density at radius 1 is 1.67 bits per heavy atom. The van der Waals surface area contributed by atoms with Gasteiger partial charge < -0.3 is 4.43 Å². The van der Waals surface area contributed by atoms with Crippen LogP contribution in [0, 0.1) is 0 Å². The first-order chi connectivity index (χ1) is 2.91. The Hall–Kier alpha value is 0.907. The van der Waals surface area contributed by atoms with Gasteiger partial charge in [0.05, 0.1) is 0 Å². The Balaban J connectivity index is 2.34. The molecular formula is C3H9IOSi. The van der Waals surface area contributed by atoms with Gasteiger partial charge >= 0.3 is 0 Å². The van der Waals surface area contributed by atoms with Gasteiger partial charge in [0.2, 0.25) is 0 Å². The Labute approximate surface area is 55.1 Å². The van der Waals surface area contributed by atoms with Gasteiger partial charge in [0.15, 0.2) is 0 Å². The average Bonchev–Trinajstić information content (AvgIpc) is 1.61. The largest absolute Gasteiger partial charge is 0.428 e. The fourth-order valence-electron chi connectivity index (χ4n) is 0.199. The van der Waals surface area contributed by atoms with E-state index in [-0.39, 0.29) is 0 Å². The molecule has 0 saturated carbocycles. The summed E-state index contributed by atoms with van der Waals surface area (Å²) in [5.74, 6) is 0. The summed E-state index contributed by atoms with van der Waals surface area (Å²) < 4.78 is 6.14. The molecule has 3 heteroatoms. The third kappa shape index (κ3) is 4.91. The van der Waals surface area contributed by atoms with Gasteiger partial charge in [0.25, 0.3) is 0 Å². The molecule has 0 aliphatic heterocycles. The van der Waals surface area contributed by atoms with Crippen LogP contribution >= 0.6 is 22.6 Å². The lowest BCUT2D eigenvalue weighted by Crippen LogP contribution is -1.88. The second-order valence-corrected chi connectivity index (χ2v) is 2.69. The standard InChI is InChI=1S/C3H9IOSi/c4-2-1-3-5-6/h1-3H2,6H3. The van der Waals surface area contributed by atoms with Crippen LogP contribution in [0.5, 0.6) is 0 Å². The molecule has 0 saturated heterocycles. The van der Waals surface area contributed by atoms with Crippen LogP contribution in [-0.4, -0.2) is 21.5 Å². The van der Waals surface area contributed by atoms with E-state index in [9.17, 15) is 0 Å². The average molecular weight is 216 g/mol. The van der Waals surface area contributed by atoms with E-state index in [4.69, 9.17) is 4.43 Å². The maximum absolute atomic E-state index is 4.92. The molecular weight excluding hydrogens is 207 g/mol. The third-order valence-electron chi connectivity index (χ3n) is 0.482. The smallest absolute Gasteiger partial charge is 0.145 e. The molecule has 0 N–H and O–H groups in total. The highest BCUT2D eigenvalue weighted by atomic mass is 127. The Kier molecular flexibility index (Phi) is 6.80. The van der Waals surface area contributed by atoms with Crippen molar-refractivity contribution in [3.63, 3.8) is 0 Å². The lowest BCUT2D eigenvalue weighted by molar-refractivity contribution is 0.351. The second-order valence-electron chi connectivity index (χ2n) is 1.04.